The van der Waals surface area contributed by atoms with Crippen molar-refractivity contribution in [1.82, 2.24) is 15.5 Å². The number of carbonyl (C=O) groups is 2. The molecule has 0 aromatic heterocycles. The van der Waals surface area contributed by atoms with Crippen LogP contribution in [0.25, 0.3) is 0 Å². The van der Waals surface area contributed by atoms with Crippen molar-refractivity contribution in [3.63, 3.8) is 0 Å². The number of hydrogen-bond donors (Lipinski definition) is 3. The lowest BCUT2D eigenvalue weighted by molar-refractivity contribution is -0.147. The molecule has 0 bridgehead atoms. The molecular formula is C17H30N4O3S. The molecule has 0 radical (unpaired) electrons. The summed E-state index contributed by atoms with van der Waals surface area (Å²) in [5.41, 5.74) is 5.46. The molecule has 4 N–H and O–H groups in total. The van der Waals surface area contributed by atoms with Crippen LogP contribution in [0.2, 0.25) is 0 Å². The molecule has 1 saturated heterocycles. The van der Waals surface area contributed by atoms with Crippen LogP contribution in [-0.2, 0) is 9.53 Å². The smallest absolute Gasteiger partial charge is 0.312 e. The molecule has 0 aromatic carbocycles. The van der Waals surface area contributed by atoms with E-state index in [0.717, 1.165) is 38.5 Å². The van der Waals surface area contributed by atoms with Crippen LogP contribution in [0.15, 0.2) is 0 Å². The van der Waals surface area contributed by atoms with E-state index in [2.05, 4.69) is 15.5 Å². The van der Waals surface area contributed by atoms with Gasteiger partial charge in [-0.05, 0) is 37.7 Å². The summed E-state index contributed by atoms with van der Waals surface area (Å²) in [6.07, 6.45) is 7.18. The Morgan fingerprint density at radius 2 is 2.08 bits per heavy atom. The number of nitrogens with two attached hydrogens (primary N) is 1. The summed E-state index contributed by atoms with van der Waals surface area (Å²) in [4.78, 5) is 26.4. The summed E-state index contributed by atoms with van der Waals surface area (Å²) in [6, 6.07) is -0.402. The summed E-state index contributed by atoms with van der Waals surface area (Å²) in [5.74, 6) is 0.717. The van der Waals surface area contributed by atoms with Gasteiger partial charge in [0.25, 0.3) is 0 Å². The first-order valence-electron chi connectivity index (χ1n) is 9.24. The van der Waals surface area contributed by atoms with E-state index in [0.29, 0.717) is 12.5 Å². The molecule has 142 valence electrons. The van der Waals surface area contributed by atoms with Crippen LogP contribution >= 0.6 is 11.8 Å². The van der Waals surface area contributed by atoms with Crippen LogP contribution in [0.5, 0.6) is 0 Å². The summed E-state index contributed by atoms with van der Waals surface area (Å²) in [6.45, 7) is 3.60. The molecule has 3 rings (SSSR count). The van der Waals surface area contributed by atoms with Crippen molar-refractivity contribution < 1.29 is 14.3 Å². The number of morpholine rings is 1. The Balaban J connectivity index is 1.58. The van der Waals surface area contributed by atoms with Crippen LogP contribution in [0.3, 0.4) is 0 Å². The van der Waals surface area contributed by atoms with Gasteiger partial charge < -0.3 is 21.1 Å². The van der Waals surface area contributed by atoms with Crippen molar-refractivity contribution in [3.05, 3.63) is 0 Å². The highest BCUT2D eigenvalue weighted by atomic mass is 32.2. The Kier molecular flexibility index (Phi) is 6.12. The lowest BCUT2D eigenvalue weighted by Gasteiger charge is -2.64. The predicted octanol–water partition coefficient (Wildman–Crippen LogP) is 0.536. The molecule has 3 aliphatic rings. The normalized spacial score (nSPS) is 29.3. The fraction of sp³-hybridized carbons (Fsp3) is 0.882. The number of hydrogen-bond acceptors (Lipinski definition) is 5. The molecule has 3 amide bonds. The van der Waals surface area contributed by atoms with E-state index in [1.807, 2.05) is 6.26 Å². The molecule has 3 atom stereocenters. The first-order chi connectivity index (χ1) is 12.1. The first kappa shape index (κ1) is 18.8. The Bertz CT molecular complexity index is 494. The Morgan fingerprint density at radius 3 is 2.64 bits per heavy atom. The molecule has 25 heavy (non-hydrogen) atoms. The third kappa shape index (κ3) is 3.90. The average molecular weight is 371 g/mol. The van der Waals surface area contributed by atoms with Crippen molar-refractivity contribution in [2.75, 3.05) is 38.3 Å². The molecule has 1 heterocycles. The number of nitrogens with one attached hydrogen (secondary N) is 2. The molecule has 1 aliphatic heterocycles. The molecule has 2 aliphatic carbocycles. The second-order valence-electron chi connectivity index (χ2n) is 7.39. The summed E-state index contributed by atoms with van der Waals surface area (Å²) in [5, 5.41) is 5.81. The summed E-state index contributed by atoms with van der Waals surface area (Å²) >= 11 is 1.66. The van der Waals surface area contributed by atoms with Crippen LogP contribution < -0.4 is 16.4 Å². The fourth-order valence-corrected chi connectivity index (χ4v) is 5.06. The average Bonchev–Trinajstić information content (AvgIpc) is 2.53. The number of ether oxygens (including phenoxy) is 1. The van der Waals surface area contributed by atoms with Crippen LogP contribution in [0.1, 0.15) is 32.1 Å². The molecule has 2 saturated carbocycles. The van der Waals surface area contributed by atoms with Crippen molar-refractivity contribution in [3.8, 4) is 0 Å². The zero-order valence-electron chi connectivity index (χ0n) is 15.0. The highest BCUT2D eigenvalue weighted by Crippen LogP contribution is 2.57. The van der Waals surface area contributed by atoms with Gasteiger partial charge in [0, 0.05) is 30.6 Å². The van der Waals surface area contributed by atoms with Gasteiger partial charge in [0.2, 0.25) is 5.91 Å². The molecule has 3 fully saturated rings. The monoisotopic (exact) mass is 370 g/mol. The first-order valence-corrected chi connectivity index (χ1v) is 10.6. The maximum atomic E-state index is 12.7. The third-order valence-electron chi connectivity index (χ3n) is 6.15. The maximum absolute atomic E-state index is 12.7. The highest BCUT2D eigenvalue weighted by Gasteiger charge is 2.60. The van der Waals surface area contributed by atoms with E-state index in [1.54, 1.807) is 11.8 Å². The van der Waals surface area contributed by atoms with E-state index >= 15 is 0 Å². The third-order valence-corrected chi connectivity index (χ3v) is 6.79. The van der Waals surface area contributed by atoms with Gasteiger partial charge in [-0.1, -0.05) is 6.42 Å². The topological polar surface area (TPSA) is 96.7 Å². The second-order valence-corrected chi connectivity index (χ2v) is 8.38. The number of urea groups is 1. The molecule has 1 spiro atoms. The maximum Gasteiger partial charge on any atom is 0.312 e. The number of thioether (sulfide) groups is 1. The summed E-state index contributed by atoms with van der Waals surface area (Å²) < 4.78 is 5.47. The second kappa shape index (κ2) is 8.14. The van der Waals surface area contributed by atoms with Gasteiger partial charge in [-0.25, -0.2) is 4.79 Å². The Morgan fingerprint density at radius 1 is 1.36 bits per heavy atom. The van der Waals surface area contributed by atoms with Crippen LogP contribution in [0, 0.1) is 5.41 Å². The highest BCUT2D eigenvalue weighted by molar-refractivity contribution is 7.98. The fourth-order valence-electron chi connectivity index (χ4n) is 4.58. The Labute approximate surface area is 153 Å². The number of rotatable bonds is 7. The van der Waals surface area contributed by atoms with E-state index in [9.17, 15) is 9.59 Å². The largest absolute Gasteiger partial charge is 0.379 e. The minimum Gasteiger partial charge on any atom is -0.379 e. The van der Waals surface area contributed by atoms with Gasteiger partial charge in [0.05, 0.1) is 13.2 Å². The minimum absolute atomic E-state index is 0.0930. The van der Waals surface area contributed by atoms with Crippen molar-refractivity contribution in [2.24, 2.45) is 11.1 Å². The minimum atomic E-state index is -0.639. The van der Waals surface area contributed by atoms with Gasteiger partial charge in [0.15, 0.2) is 0 Å². The van der Waals surface area contributed by atoms with E-state index in [1.165, 1.54) is 19.3 Å². The molecule has 8 heteroatoms. The van der Waals surface area contributed by atoms with Crippen molar-refractivity contribution in [1.29, 1.82) is 0 Å². The lowest BCUT2D eigenvalue weighted by Crippen LogP contribution is -2.73. The molecule has 0 aromatic rings. The van der Waals surface area contributed by atoms with Crippen molar-refractivity contribution in [2.45, 2.75) is 50.2 Å². The van der Waals surface area contributed by atoms with Gasteiger partial charge in [-0.3, -0.25) is 9.69 Å². The van der Waals surface area contributed by atoms with Gasteiger partial charge in [-0.15, -0.1) is 0 Å². The van der Waals surface area contributed by atoms with E-state index < -0.39 is 12.1 Å². The number of nitrogens with zero attached hydrogens (tertiary/aromatic N) is 1. The quantitative estimate of drug-likeness (QED) is 0.608. The van der Waals surface area contributed by atoms with Crippen molar-refractivity contribution >= 4 is 23.7 Å². The molecule has 7 nitrogen and oxygen atoms in total. The molecule has 0 unspecified atom stereocenters. The van der Waals surface area contributed by atoms with Gasteiger partial charge in [0.1, 0.15) is 6.04 Å². The van der Waals surface area contributed by atoms with Gasteiger partial charge >= 0.3 is 6.03 Å². The SMILES string of the molecule is CSCC[C@H](NC(N)=O)C(=O)N[C@@H]1C[C@@H](N2CCOCC2)C12CCC2. The Hall–Kier alpha value is -0.990. The van der Waals surface area contributed by atoms with E-state index in [4.69, 9.17) is 10.5 Å². The lowest BCUT2D eigenvalue weighted by atomic mass is 9.49. The number of primary amides is 1. The number of carbonyl (C=O) groups excluding carboxylic acids is 2. The zero-order valence-corrected chi connectivity index (χ0v) is 15.8. The standard InChI is InChI=1S/C17H30N4O3S/c1-25-10-3-12(19-16(18)23)15(22)20-13-11-14(17(13)4-2-5-17)21-6-8-24-9-7-21/h12-14H,2-11H2,1H3,(H,20,22)(H3,18,19,23)/t12-,13+,14+/m0/s1. The van der Waals surface area contributed by atoms with E-state index in [-0.39, 0.29) is 17.4 Å². The predicted molar refractivity (Wildman–Crippen MR) is 98.5 cm³/mol. The van der Waals surface area contributed by atoms with Crippen LogP contribution in [-0.4, -0.2) is 73.3 Å². The summed E-state index contributed by atoms with van der Waals surface area (Å²) in [7, 11) is 0. The van der Waals surface area contributed by atoms with Crippen LogP contribution in [0.4, 0.5) is 4.79 Å². The molecular weight excluding hydrogens is 340 g/mol. The zero-order chi connectivity index (χ0) is 17.9. The van der Waals surface area contributed by atoms with Gasteiger partial charge in [-0.2, -0.15) is 11.8 Å². The number of amides is 3.